The third-order valence-electron chi connectivity index (χ3n) is 4.88. The summed E-state index contributed by atoms with van der Waals surface area (Å²) in [4.78, 5) is 31.7. The Balaban J connectivity index is 1.33. The minimum absolute atomic E-state index is 0.0917. The molecule has 2 aromatic heterocycles. The van der Waals surface area contributed by atoms with Crippen LogP contribution in [0.4, 0.5) is 4.79 Å². The number of aromatic amines is 1. The van der Waals surface area contributed by atoms with Crippen LogP contribution in [-0.2, 0) is 0 Å². The molecule has 0 bridgehead atoms. The summed E-state index contributed by atoms with van der Waals surface area (Å²) in [5.74, 6) is 0.512. The highest BCUT2D eigenvalue weighted by Gasteiger charge is 2.21. The number of H-pyrrole nitrogens is 1. The van der Waals surface area contributed by atoms with E-state index in [1.54, 1.807) is 12.4 Å². The number of likely N-dealkylation sites (tertiary alicyclic amines) is 1. The van der Waals surface area contributed by atoms with Crippen molar-refractivity contribution in [2.24, 2.45) is 5.92 Å². The van der Waals surface area contributed by atoms with Gasteiger partial charge in [-0.2, -0.15) is 0 Å². The Bertz CT molecular complexity index is 702. The number of nitrogens with zero attached hydrogens (tertiary/aromatic N) is 2. The summed E-state index contributed by atoms with van der Waals surface area (Å²) in [7, 11) is 0. The SMILES string of the molecule is O=C(NCCCCC1CCN(C(=O)O)CC1)c1cc2cnccc2[nH]1. The van der Waals surface area contributed by atoms with E-state index in [9.17, 15) is 9.59 Å². The first-order chi connectivity index (χ1) is 12.1. The van der Waals surface area contributed by atoms with Gasteiger partial charge < -0.3 is 20.3 Å². The number of fused-ring (bicyclic) bond motifs is 1. The molecular formula is C18H24N4O3. The minimum atomic E-state index is -0.811. The number of carbonyl (C=O) groups excluding carboxylic acids is 1. The van der Waals surface area contributed by atoms with Crippen LogP contribution in [0.5, 0.6) is 0 Å². The van der Waals surface area contributed by atoms with Crippen molar-refractivity contribution in [1.82, 2.24) is 20.2 Å². The van der Waals surface area contributed by atoms with Crippen molar-refractivity contribution < 1.29 is 14.7 Å². The number of carboxylic acid groups (broad SMARTS) is 1. The lowest BCUT2D eigenvalue weighted by Crippen LogP contribution is -2.37. The zero-order valence-electron chi connectivity index (χ0n) is 14.2. The van der Waals surface area contributed by atoms with Crippen molar-refractivity contribution in [3.05, 3.63) is 30.2 Å². The molecule has 3 rings (SSSR count). The number of carbonyl (C=O) groups is 2. The van der Waals surface area contributed by atoms with Gasteiger partial charge in [0.05, 0.1) is 0 Å². The van der Waals surface area contributed by atoms with Crippen LogP contribution in [0.2, 0.25) is 0 Å². The van der Waals surface area contributed by atoms with Crippen LogP contribution in [0.3, 0.4) is 0 Å². The minimum Gasteiger partial charge on any atom is -0.465 e. The number of nitrogens with one attached hydrogen (secondary N) is 2. The molecule has 1 fully saturated rings. The van der Waals surface area contributed by atoms with Crippen LogP contribution in [0.25, 0.3) is 10.9 Å². The molecule has 7 nitrogen and oxygen atoms in total. The molecule has 0 aromatic carbocycles. The molecule has 3 N–H and O–H groups in total. The van der Waals surface area contributed by atoms with Gasteiger partial charge in [-0.3, -0.25) is 9.78 Å². The summed E-state index contributed by atoms with van der Waals surface area (Å²) >= 11 is 0. The number of hydrogen-bond acceptors (Lipinski definition) is 3. The third-order valence-corrected chi connectivity index (χ3v) is 4.88. The highest BCUT2D eigenvalue weighted by molar-refractivity contribution is 5.97. The van der Waals surface area contributed by atoms with Crippen LogP contribution in [-0.4, -0.2) is 51.6 Å². The van der Waals surface area contributed by atoms with Crippen LogP contribution in [0, 0.1) is 5.92 Å². The molecule has 0 unspecified atom stereocenters. The average molecular weight is 344 g/mol. The fourth-order valence-corrected chi connectivity index (χ4v) is 3.36. The molecule has 3 heterocycles. The second kappa shape index (κ2) is 8.00. The van der Waals surface area contributed by atoms with Gasteiger partial charge in [0.15, 0.2) is 0 Å². The molecule has 1 aliphatic rings. The van der Waals surface area contributed by atoms with E-state index >= 15 is 0 Å². The highest BCUT2D eigenvalue weighted by atomic mass is 16.4. The van der Waals surface area contributed by atoms with Crippen LogP contribution >= 0.6 is 0 Å². The van der Waals surface area contributed by atoms with Crippen LogP contribution < -0.4 is 5.32 Å². The first-order valence-corrected chi connectivity index (χ1v) is 8.82. The standard InChI is InChI=1S/C18H24N4O3/c23-17(16-11-14-12-19-8-4-15(14)21-16)20-7-2-1-3-13-5-9-22(10-6-13)18(24)25/h4,8,11-13,21H,1-3,5-7,9-10H2,(H,20,23)(H,24,25). The molecule has 1 saturated heterocycles. The lowest BCUT2D eigenvalue weighted by atomic mass is 9.92. The van der Waals surface area contributed by atoms with Gasteiger partial charge in [-0.1, -0.05) is 12.8 Å². The molecule has 0 atom stereocenters. The average Bonchev–Trinajstić information content (AvgIpc) is 3.06. The number of hydrogen-bond donors (Lipinski definition) is 3. The Morgan fingerprint density at radius 2 is 2.12 bits per heavy atom. The largest absolute Gasteiger partial charge is 0.465 e. The van der Waals surface area contributed by atoms with Gasteiger partial charge in [0, 0.05) is 42.9 Å². The zero-order valence-corrected chi connectivity index (χ0v) is 14.2. The van der Waals surface area contributed by atoms with E-state index in [0.717, 1.165) is 43.0 Å². The van der Waals surface area contributed by atoms with E-state index in [1.165, 1.54) is 4.90 Å². The number of amides is 2. The maximum atomic E-state index is 12.2. The molecule has 0 aliphatic carbocycles. The summed E-state index contributed by atoms with van der Waals surface area (Å²) in [6.07, 6.45) is 7.60. The number of pyridine rings is 1. The predicted molar refractivity (Wildman–Crippen MR) is 94.6 cm³/mol. The molecule has 0 saturated carbocycles. The summed E-state index contributed by atoms with van der Waals surface area (Å²) in [6, 6.07) is 3.66. The normalized spacial score (nSPS) is 15.4. The second-order valence-corrected chi connectivity index (χ2v) is 6.61. The molecule has 7 heteroatoms. The van der Waals surface area contributed by atoms with Crippen molar-refractivity contribution in [3.8, 4) is 0 Å². The Morgan fingerprint density at radius 3 is 2.84 bits per heavy atom. The fourth-order valence-electron chi connectivity index (χ4n) is 3.36. The van der Waals surface area contributed by atoms with Crippen molar-refractivity contribution in [2.75, 3.05) is 19.6 Å². The second-order valence-electron chi connectivity index (χ2n) is 6.61. The van der Waals surface area contributed by atoms with Gasteiger partial charge in [0.1, 0.15) is 5.69 Å². The van der Waals surface area contributed by atoms with Crippen molar-refractivity contribution in [3.63, 3.8) is 0 Å². The van der Waals surface area contributed by atoms with E-state index < -0.39 is 6.09 Å². The van der Waals surface area contributed by atoms with Crippen molar-refractivity contribution in [1.29, 1.82) is 0 Å². The lowest BCUT2D eigenvalue weighted by Gasteiger charge is -2.29. The topological polar surface area (TPSA) is 98.3 Å². The van der Waals surface area contributed by atoms with E-state index in [2.05, 4.69) is 15.3 Å². The fraction of sp³-hybridized carbons (Fsp3) is 0.500. The number of aromatic nitrogens is 2. The monoisotopic (exact) mass is 344 g/mol. The summed E-state index contributed by atoms with van der Waals surface area (Å²) in [5, 5.41) is 12.8. The Kier molecular flexibility index (Phi) is 5.53. The number of piperidine rings is 1. The molecule has 0 spiro atoms. The lowest BCUT2D eigenvalue weighted by molar-refractivity contribution is 0.0948. The van der Waals surface area contributed by atoms with Crippen LogP contribution in [0.1, 0.15) is 42.6 Å². The van der Waals surface area contributed by atoms with E-state index in [4.69, 9.17) is 5.11 Å². The van der Waals surface area contributed by atoms with Gasteiger partial charge in [-0.25, -0.2) is 4.79 Å². The third kappa shape index (κ3) is 4.49. The highest BCUT2D eigenvalue weighted by Crippen LogP contribution is 2.22. The summed E-state index contributed by atoms with van der Waals surface area (Å²) in [6.45, 7) is 1.94. The molecule has 0 radical (unpaired) electrons. The molecule has 134 valence electrons. The van der Waals surface area contributed by atoms with Gasteiger partial charge >= 0.3 is 6.09 Å². The summed E-state index contributed by atoms with van der Waals surface area (Å²) < 4.78 is 0. The van der Waals surface area contributed by atoms with Gasteiger partial charge in [0.2, 0.25) is 0 Å². The summed E-state index contributed by atoms with van der Waals surface area (Å²) in [5.41, 5.74) is 1.47. The van der Waals surface area contributed by atoms with Gasteiger partial charge in [-0.05, 0) is 37.3 Å². The zero-order chi connectivity index (χ0) is 17.6. The molecule has 2 aromatic rings. The first-order valence-electron chi connectivity index (χ1n) is 8.82. The van der Waals surface area contributed by atoms with Gasteiger partial charge in [-0.15, -0.1) is 0 Å². The van der Waals surface area contributed by atoms with Gasteiger partial charge in [0.25, 0.3) is 5.91 Å². The maximum absolute atomic E-state index is 12.2. The smallest absolute Gasteiger partial charge is 0.407 e. The molecular weight excluding hydrogens is 320 g/mol. The quantitative estimate of drug-likeness (QED) is 0.702. The van der Waals surface area contributed by atoms with E-state index in [1.807, 2.05) is 12.1 Å². The Hall–Kier alpha value is -2.57. The maximum Gasteiger partial charge on any atom is 0.407 e. The van der Waals surface area contributed by atoms with Crippen LogP contribution in [0.15, 0.2) is 24.5 Å². The first kappa shape index (κ1) is 17.3. The van der Waals surface area contributed by atoms with Crippen molar-refractivity contribution >= 4 is 22.9 Å². The van der Waals surface area contributed by atoms with E-state index in [0.29, 0.717) is 31.2 Å². The number of unbranched alkanes of at least 4 members (excludes halogenated alkanes) is 1. The van der Waals surface area contributed by atoms with Crippen molar-refractivity contribution in [2.45, 2.75) is 32.1 Å². The molecule has 2 amide bonds. The molecule has 1 aliphatic heterocycles. The Morgan fingerprint density at radius 1 is 1.32 bits per heavy atom. The number of rotatable bonds is 6. The Labute approximate surface area is 146 Å². The molecule has 25 heavy (non-hydrogen) atoms. The van der Waals surface area contributed by atoms with E-state index in [-0.39, 0.29) is 5.91 Å². The predicted octanol–water partition coefficient (Wildman–Crippen LogP) is 2.85.